The Morgan fingerprint density at radius 1 is 1.10 bits per heavy atom. The maximum atomic E-state index is 12.6. The van der Waals surface area contributed by atoms with Crippen molar-refractivity contribution in [2.45, 2.75) is 43.9 Å². The van der Waals surface area contributed by atoms with Crippen molar-refractivity contribution in [1.29, 1.82) is 0 Å². The summed E-state index contributed by atoms with van der Waals surface area (Å²) in [4.78, 5) is 12.6. The van der Waals surface area contributed by atoms with Gasteiger partial charge in [0.25, 0.3) is 0 Å². The zero-order chi connectivity index (χ0) is 14.1. The summed E-state index contributed by atoms with van der Waals surface area (Å²) in [5.74, 6) is 0.853. The van der Waals surface area contributed by atoms with Gasteiger partial charge in [-0.05, 0) is 31.2 Å². The number of hydrogen-bond donors (Lipinski definition) is 1. The van der Waals surface area contributed by atoms with Crippen LogP contribution in [0.25, 0.3) is 0 Å². The van der Waals surface area contributed by atoms with Crippen molar-refractivity contribution in [3.63, 3.8) is 0 Å². The van der Waals surface area contributed by atoms with E-state index in [1.165, 1.54) is 12.8 Å². The van der Waals surface area contributed by atoms with Crippen LogP contribution in [0.3, 0.4) is 0 Å². The molecular formula is C17H22ClNO. The van der Waals surface area contributed by atoms with Crippen molar-refractivity contribution in [2.75, 3.05) is 12.4 Å². The maximum Gasteiger partial charge on any atom is 0.230 e. The lowest BCUT2D eigenvalue weighted by Crippen LogP contribution is -2.42. The second-order valence-corrected chi connectivity index (χ2v) is 6.74. The van der Waals surface area contributed by atoms with Gasteiger partial charge in [0.2, 0.25) is 5.91 Å². The second-order valence-electron chi connectivity index (χ2n) is 6.47. The van der Waals surface area contributed by atoms with Crippen molar-refractivity contribution in [3.8, 4) is 0 Å². The Kier molecular flexibility index (Phi) is 3.76. The van der Waals surface area contributed by atoms with E-state index in [4.69, 9.17) is 11.6 Å². The molecule has 0 spiro atoms. The highest BCUT2D eigenvalue weighted by Crippen LogP contribution is 2.48. The van der Waals surface area contributed by atoms with Crippen molar-refractivity contribution in [1.82, 2.24) is 5.32 Å². The molecule has 0 heterocycles. The van der Waals surface area contributed by atoms with Crippen LogP contribution in [-0.4, -0.2) is 18.3 Å². The molecule has 108 valence electrons. The molecule has 0 aromatic heterocycles. The van der Waals surface area contributed by atoms with Gasteiger partial charge in [-0.2, -0.15) is 0 Å². The fourth-order valence-corrected chi connectivity index (χ4v) is 3.81. The summed E-state index contributed by atoms with van der Waals surface area (Å²) in [6, 6.07) is 10.2. The Morgan fingerprint density at radius 3 is 2.30 bits per heavy atom. The maximum absolute atomic E-state index is 12.6. The van der Waals surface area contributed by atoms with Gasteiger partial charge in [0.05, 0.1) is 5.41 Å². The van der Waals surface area contributed by atoms with E-state index in [2.05, 4.69) is 17.4 Å². The SMILES string of the molecule is O=C(NCC1(CCl)CCCC1)C1(c2ccccc2)CC1. The highest BCUT2D eigenvalue weighted by Gasteiger charge is 2.51. The molecule has 3 heteroatoms. The highest BCUT2D eigenvalue weighted by atomic mass is 35.5. The van der Waals surface area contributed by atoms with Gasteiger partial charge in [-0.25, -0.2) is 0 Å². The Morgan fingerprint density at radius 2 is 1.75 bits per heavy atom. The van der Waals surface area contributed by atoms with E-state index < -0.39 is 0 Å². The lowest BCUT2D eigenvalue weighted by atomic mass is 9.87. The summed E-state index contributed by atoms with van der Waals surface area (Å²) in [6.45, 7) is 0.740. The number of carbonyl (C=O) groups is 1. The molecule has 2 nitrogen and oxygen atoms in total. The monoisotopic (exact) mass is 291 g/mol. The molecule has 1 amide bonds. The third-order valence-corrected chi connectivity index (χ3v) is 5.65. The van der Waals surface area contributed by atoms with Crippen LogP contribution in [0.15, 0.2) is 30.3 Å². The van der Waals surface area contributed by atoms with Gasteiger partial charge in [-0.1, -0.05) is 43.2 Å². The average molecular weight is 292 g/mol. The standard InChI is InChI=1S/C17H22ClNO/c18-12-16(8-4-5-9-16)13-19-15(20)17(10-11-17)14-6-2-1-3-7-14/h1-3,6-7H,4-5,8-13H2,(H,19,20). The largest absolute Gasteiger partial charge is 0.355 e. The van der Waals surface area contributed by atoms with Crippen LogP contribution in [0.2, 0.25) is 0 Å². The number of rotatable bonds is 5. The number of alkyl halides is 1. The predicted octanol–water partition coefficient (Wildman–Crippen LogP) is 3.63. The smallest absolute Gasteiger partial charge is 0.230 e. The Hall–Kier alpha value is -1.02. The lowest BCUT2D eigenvalue weighted by Gasteiger charge is -2.28. The van der Waals surface area contributed by atoms with Crippen LogP contribution in [0, 0.1) is 5.41 Å². The molecule has 1 N–H and O–H groups in total. The molecule has 1 aromatic carbocycles. The van der Waals surface area contributed by atoms with Crippen molar-refractivity contribution >= 4 is 17.5 Å². The third-order valence-electron chi connectivity index (χ3n) is 5.08. The molecule has 0 radical (unpaired) electrons. The van der Waals surface area contributed by atoms with E-state index in [9.17, 15) is 4.79 Å². The minimum Gasteiger partial charge on any atom is -0.355 e. The molecule has 0 atom stereocenters. The average Bonchev–Trinajstić information content (AvgIpc) is 3.19. The summed E-state index contributed by atoms with van der Waals surface area (Å²) in [7, 11) is 0. The summed E-state index contributed by atoms with van der Waals surface area (Å²) in [5.41, 5.74) is 1.04. The van der Waals surface area contributed by atoms with Crippen molar-refractivity contribution in [2.24, 2.45) is 5.41 Å². The Balaban J connectivity index is 1.65. The molecule has 3 rings (SSSR count). The normalized spacial score (nSPS) is 22.4. The van der Waals surface area contributed by atoms with Gasteiger partial charge in [-0.15, -0.1) is 11.6 Å². The fourth-order valence-electron chi connectivity index (χ4n) is 3.45. The first-order valence-corrected chi connectivity index (χ1v) is 8.14. The molecule has 20 heavy (non-hydrogen) atoms. The van der Waals surface area contributed by atoms with Gasteiger partial charge in [-0.3, -0.25) is 4.79 Å². The van der Waals surface area contributed by atoms with Crippen molar-refractivity contribution in [3.05, 3.63) is 35.9 Å². The van der Waals surface area contributed by atoms with Gasteiger partial charge in [0, 0.05) is 17.8 Å². The summed E-state index contributed by atoms with van der Waals surface area (Å²) in [6.07, 6.45) is 6.72. The third kappa shape index (κ3) is 2.46. The zero-order valence-electron chi connectivity index (χ0n) is 11.8. The minimum atomic E-state index is -0.257. The summed E-state index contributed by atoms with van der Waals surface area (Å²) >= 11 is 6.14. The summed E-state index contributed by atoms with van der Waals surface area (Å²) in [5, 5.41) is 3.19. The van der Waals surface area contributed by atoms with E-state index in [1.807, 2.05) is 18.2 Å². The molecule has 2 fully saturated rings. The lowest BCUT2D eigenvalue weighted by molar-refractivity contribution is -0.124. The fraction of sp³-hybridized carbons (Fsp3) is 0.588. The number of halogens is 1. The van der Waals surface area contributed by atoms with Crippen LogP contribution in [0.1, 0.15) is 44.1 Å². The van der Waals surface area contributed by atoms with Crippen LogP contribution in [-0.2, 0) is 10.2 Å². The zero-order valence-corrected chi connectivity index (χ0v) is 12.6. The van der Waals surface area contributed by atoms with E-state index in [-0.39, 0.29) is 16.7 Å². The molecule has 0 bridgehead atoms. The van der Waals surface area contributed by atoms with E-state index in [0.29, 0.717) is 5.88 Å². The molecule has 0 unspecified atom stereocenters. The predicted molar refractivity (Wildman–Crippen MR) is 82.0 cm³/mol. The minimum absolute atomic E-state index is 0.143. The number of benzene rings is 1. The van der Waals surface area contributed by atoms with Crippen LogP contribution in [0.5, 0.6) is 0 Å². The van der Waals surface area contributed by atoms with Crippen molar-refractivity contribution < 1.29 is 4.79 Å². The number of amides is 1. The molecule has 0 aliphatic heterocycles. The highest BCUT2D eigenvalue weighted by molar-refractivity contribution is 6.18. The quantitative estimate of drug-likeness (QED) is 0.825. The number of nitrogens with one attached hydrogen (secondary N) is 1. The van der Waals surface area contributed by atoms with Gasteiger partial charge < -0.3 is 5.32 Å². The molecule has 0 saturated heterocycles. The van der Waals surface area contributed by atoms with Crippen LogP contribution in [0.4, 0.5) is 0 Å². The van der Waals surface area contributed by atoms with E-state index >= 15 is 0 Å². The second kappa shape index (κ2) is 5.40. The molecule has 2 saturated carbocycles. The van der Waals surface area contributed by atoms with Gasteiger partial charge in [0.1, 0.15) is 0 Å². The van der Waals surface area contributed by atoms with Crippen LogP contribution >= 0.6 is 11.6 Å². The summed E-state index contributed by atoms with van der Waals surface area (Å²) < 4.78 is 0. The van der Waals surface area contributed by atoms with Gasteiger partial charge in [0.15, 0.2) is 0 Å². The molecule has 1 aromatic rings. The van der Waals surface area contributed by atoms with E-state index in [0.717, 1.165) is 37.8 Å². The Bertz CT molecular complexity index is 475. The Labute approximate surface area is 125 Å². The first kappa shape index (κ1) is 13.9. The van der Waals surface area contributed by atoms with Gasteiger partial charge >= 0.3 is 0 Å². The molecular weight excluding hydrogens is 270 g/mol. The molecule has 2 aliphatic carbocycles. The number of hydrogen-bond acceptors (Lipinski definition) is 1. The first-order valence-electron chi connectivity index (χ1n) is 7.61. The molecule has 2 aliphatic rings. The van der Waals surface area contributed by atoms with Crippen LogP contribution < -0.4 is 5.32 Å². The topological polar surface area (TPSA) is 29.1 Å². The first-order chi connectivity index (χ1) is 9.71. The van der Waals surface area contributed by atoms with E-state index in [1.54, 1.807) is 0 Å². The number of carbonyl (C=O) groups excluding carboxylic acids is 1.